The normalized spacial score (nSPS) is 13.6. The number of hydrogen-bond donors (Lipinski definition) is 2. The molecule has 3 heterocycles. The van der Waals surface area contributed by atoms with Crippen LogP contribution in [0.15, 0.2) is 42.7 Å². The fourth-order valence-corrected chi connectivity index (χ4v) is 2.58. The number of aliphatic hydroxyl groups is 1. The summed E-state index contributed by atoms with van der Waals surface area (Å²) in [4.78, 5) is 16.0. The van der Waals surface area contributed by atoms with Crippen molar-refractivity contribution in [3.8, 4) is 17.0 Å². The van der Waals surface area contributed by atoms with Crippen LogP contribution in [0, 0.1) is 0 Å². The Morgan fingerprint density at radius 1 is 1.36 bits per heavy atom. The van der Waals surface area contributed by atoms with Crippen LogP contribution in [-0.2, 0) is 11.4 Å². The van der Waals surface area contributed by atoms with Crippen LogP contribution in [0.1, 0.15) is 5.56 Å². The van der Waals surface area contributed by atoms with Gasteiger partial charge in [0.05, 0.1) is 18.0 Å². The highest BCUT2D eigenvalue weighted by atomic mass is 16.5. The van der Waals surface area contributed by atoms with Gasteiger partial charge in [0.2, 0.25) is 0 Å². The van der Waals surface area contributed by atoms with Gasteiger partial charge in [0, 0.05) is 23.5 Å². The van der Waals surface area contributed by atoms with Crippen LogP contribution in [-0.4, -0.2) is 27.0 Å². The average molecular weight is 295 g/mol. The number of rotatable bonds is 2. The molecular weight excluding hydrogens is 282 g/mol. The van der Waals surface area contributed by atoms with E-state index in [1.165, 1.54) is 0 Å². The van der Waals surface area contributed by atoms with Crippen molar-refractivity contribution in [3.63, 3.8) is 0 Å². The first-order valence-electron chi connectivity index (χ1n) is 6.89. The molecule has 1 aliphatic heterocycles. The number of carbonyl (C=O) groups excluding carboxylic acids is 1. The van der Waals surface area contributed by atoms with Crippen LogP contribution >= 0.6 is 0 Å². The topological polar surface area (TPSA) is 75.9 Å². The summed E-state index contributed by atoms with van der Waals surface area (Å²) in [6, 6.07) is 9.27. The van der Waals surface area contributed by atoms with Crippen LogP contribution < -0.4 is 10.1 Å². The standard InChI is InChI=1S/C16H13N3O3/c20-8-11-2-1-5-19-7-13(18-16(11)19)10-3-4-14-12(6-10)17-15(21)9-22-14/h1-7,20H,8-9H2,(H,17,21). The quantitative estimate of drug-likeness (QED) is 0.756. The summed E-state index contributed by atoms with van der Waals surface area (Å²) in [5.74, 6) is 0.491. The molecule has 0 unspecified atom stereocenters. The Morgan fingerprint density at radius 3 is 3.14 bits per heavy atom. The van der Waals surface area contributed by atoms with E-state index in [-0.39, 0.29) is 19.1 Å². The van der Waals surface area contributed by atoms with Crippen LogP contribution in [0.5, 0.6) is 5.75 Å². The minimum Gasteiger partial charge on any atom is -0.482 e. The number of aromatic nitrogens is 2. The molecule has 3 aromatic rings. The lowest BCUT2D eigenvalue weighted by atomic mass is 10.1. The van der Waals surface area contributed by atoms with Crippen molar-refractivity contribution in [1.82, 2.24) is 9.38 Å². The average Bonchev–Trinajstić information content (AvgIpc) is 2.98. The number of aliphatic hydroxyl groups excluding tert-OH is 1. The summed E-state index contributed by atoms with van der Waals surface area (Å²) in [5.41, 5.74) is 3.77. The summed E-state index contributed by atoms with van der Waals surface area (Å²) >= 11 is 0. The molecule has 0 atom stereocenters. The Hall–Kier alpha value is -2.86. The molecule has 6 heteroatoms. The van der Waals surface area contributed by atoms with Gasteiger partial charge in [0.25, 0.3) is 5.91 Å². The van der Waals surface area contributed by atoms with Crippen LogP contribution in [0.25, 0.3) is 16.9 Å². The maximum atomic E-state index is 11.4. The third kappa shape index (κ3) is 2.01. The predicted octanol–water partition coefficient (Wildman–Crippen LogP) is 1.82. The Balaban J connectivity index is 1.82. The van der Waals surface area contributed by atoms with Gasteiger partial charge in [-0.05, 0) is 24.3 Å². The van der Waals surface area contributed by atoms with E-state index in [0.29, 0.717) is 11.4 Å². The number of fused-ring (bicyclic) bond motifs is 2. The van der Waals surface area contributed by atoms with Crippen molar-refractivity contribution >= 4 is 17.2 Å². The lowest BCUT2D eigenvalue weighted by molar-refractivity contribution is -0.118. The number of pyridine rings is 1. The first-order chi connectivity index (χ1) is 10.7. The number of hydrogen-bond acceptors (Lipinski definition) is 4. The first kappa shape index (κ1) is 12.8. The molecule has 0 saturated carbocycles. The molecule has 4 rings (SSSR count). The van der Waals surface area contributed by atoms with Gasteiger partial charge in [-0.15, -0.1) is 0 Å². The molecule has 6 nitrogen and oxygen atoms in total. The Labute approximate surface area is 126 Å². The lowest BCUT2D eigenvalue weighted by Crippen LogP contribution is -2.25. The van der Waals surface area contributed by atoms with E-state index >= 15 is 0 Å². The molecule has 1 amide bonds. The van der Waals surface area contributed by atoms with Gasteiger partial charge < -0.3 is 19.6 Å². The van der Waals surface area contributed by atoms with E-state index in [1.54, 1.807) is 0 Å². The largest absolute Gasteiger partial charge is 0.482 e. The molecule has 0 spiro atoms. The maximum Gasteiger partial charge on any atom is 0.262 e. The van der Waals surface area contributed by atoms with Gasteiger partial charge in [-0.25, -0.2) is 4.98 Å². The Kier molecular flexibility index (Phi) is 2.83. The van der Waals surface area contributed by atoms with Crippen molar-refractivity contribution < 1.29 is 14.6 Å². The fraction of sp³-hybridized carbons (Fsp3) is 0.125. The van der Waals surface area contributed by atoms with E-state index in [4.69, 9.17) is 4.74 Å². The summed E-state index contributed by atoms with van der Waals surface area (Å²) in [7, 11) is 0. The van der Waals surface area contributed by atoms with Gasteiger partial charge in [-0.3, -0.25) is 4.79 Å². The van der Waals surface area contributed by atoms with E-state index in [9.17, 15) is 9.90 Å². The number of carbonyl (C=O) groups is 1. The van der Waals surface area contributed by atoms with Crippen molar-refractivity contribution in [2.75, 3.05) is 11.9 Å². The predicted molar refractivity (Wildman–Crippen MR) is 80.7 cm³/mol. The molecular formula is C16H13N3O3. The fourth-order valence-electron chi connectivity index (χ4n) is 2.58. The second kappa shape index (κ2) is 4.85. The zero-order valence-electron chi connectivity index (χ0n) is 11.6. The third-order valence-corrected chi connectivity index (χ3v) is 3.64. The molecule has 0 aliphatic carbocycles. The number of benzene rings is 1. The van der Waals surface area contributed by atoms with Gasteiger partial charge in [-0.2, -0.15) is 0 Å². The van der Waals surface area contributed by atoms with Gasteiger partial charge in [0.1, 0.15) is 11.4 Å². The Morgan fingerprint density at radius 2 is 2.27 bits per heavy atom. The molecule has 0 saturated heterocycles. The van der Waals surface area contributed by atoms with Crippen molar-refractivity contribution in [2.45, 2.75) is 6.61 Å². The molecule has 1 aliphatic rings. The molecule has 2 N–H and O–H groups in total. The number of imidazole rings is 1. The van der Waals surface area contributed by atoms with E-state index in [0.717, 1.165) is 22.5 Å². The molecule has 0 radical (unpaired) electrons. The highest BCUT2D eigenvalue weighted by molar-refractivity contribution is 5.96. The maximum absolute atomic E-state index is 11.4. The van der Waals surface area contributed by atoms with E-state index < -0.39 is 0 Å². The summed E-state index contributed by atoms with van der Waals surface area (Å²) in [5, 5.41) is 12.2. The molecule has 22 heavy (non-hydrogen) atoms. The van der Waals surface area contributed by atoms with Gasteiger partial charge >= 0.3 is 0 Å². The zero-order chi connectivity index (χ0) is 15.1. The summed E-state index contributed by atoms with van der Waals surface area (Å²) in [6.45, 7) is -0.0184. The van der Waals surface area contributed by atoms with Crippen molar-refractivity contribution in [3.05, 3.63) is 48.3 Å². The minimum atomic E-state index is -0.165. The monoisotopic (exact) mass is 295 g/mol. The SMILES string of the molecule is O=C1COc2ccc(-c3cn4cccc(CO)c4n3)cc2N1. The number of ether oxygens (including phenoxy) is 1. The summed E-state index contributed by atoms with van der Waals surface area (Å²) < 4.78 is 7.22. The smallest absolute Gasteiger partial charge is 0.262 e. The van der Waals surface area contributed by atoms with E-state index in [1.807, 2.05) is 47.1 Å². The van der Waals surface area contributed by atoms with Crippen LogP contribution in [0.4, 0.5) is 5.69 Å². The highest BCUT2D eigenvalue weighted by Crippen LogP contribution is 2.32. The Bertz CT molecular complexity index is 885. The van der Waals surface area contributed by atoms with E-state index in [2.05, 4.69) is 10.3 Å². The van der Waals surface area contributed by atoms with Gasteiger partial charge in [-0.1, -0.05) is 6.07 Å². The van der Waals surface area contributed by atoms with Crippen LogP contribution in [0.3, 0.4) is 0 Å². The molecule has 1 aromatic carbocycles. The van der Waals surface area contributed by atoms with Gasteiger partial charge in [0.15, 0.2) is 6.61 Å². The number of nitrogens with zero attached hydrogens (tertiary/aromatic N) is 2. The molecule has 0 bridgehead atoms. The number of nitrogens with one attached hydrogen (secondary N) is 1. The second-order valence-electron chi connectivity index (χ2n) is 5.10. The van der Waals surface area contributed by atoms with Crippen molar-refractivity contribution in [2.24, 2.45) is 0 Å². The minimum absolute atomic E-state index is 0.0422. The molecule has 2 aromatic heterocycles. The number of amides is 1. The van der Waals surface area contributed by atoms with Crippen LogP contribution in [0.2, 0.25) is 0 Å². The molecule has 110 valence electrons. The summed E-state index contributed by atoms with van der Waals surface area (Å²) in [6.07, 6.45) is 3.77. The first-order valence-corrected chi connectivity index (χ1v) is 6.89. The number of anilines is 1. The zero-order valence-corrected chi connectivity index (χ0v) is 11.6. The highest BCUT2D eigenvalue weighted by Gasteiger charge is 2.17. The van der Waals surface area contributed by atoms with Crippen molar-refractivity contribution in [1.29, 1.82) is 0 Å². The third-order valence-electron chi connectivity index (χ3n) is 3.64. The second-order valence-corrected chi connectivity index (χ2v) is 5.10. The molecule has 0 fully saturated rings. The lowest BCUT2D eigenvalue weighted by Gasteiger charge is -2.18.